The van der Waals surface area contributed by atoms with Crippen LogP contribution >= 0.6 is 0 Å². The maximum Gasteiger partial charge on any atom is 0.491 e. The number of benzene rings is 2. The van der Waals surface area contributed by atoms with Crippen molar-refractivity contribution in [3.63, 3.8) is 0 Å². The quantitative estimate of drug-likeness (QED) is 0.230. The third-order valence-electron chi connectivity index (χ3n) is 6.82. The molecular weight excluding hydrogens is 537 g/mol. The Morgan fingerprint density at radius 3 is 2.54 bits per heavy atom. The molecule has 0 saturated carbocycles. The number of hydrogen-bond acceptors (Lipinski definition) is 8. The fourth-order valence-corrected chi connectivity index (χ4v) is 4.68. The molecule has 3 aromatic heterocycles. The van der Waals surface area contributed by atoms with Crippen LogP contribution in [0.5, 0.6) is 5.75 Å². The number of hydrogen-bond donors (Lipinski definition) is 1. The van der Waals surface area contributed by atoms with Gasteiger partial charge in [-0.05, 0) is 49.0 Å². The number of carbonyl (C=O) groups is 1. The zero-order chi connectivity index (χ0) is 28.6. The van der Waals surface area contributed by atoms with Gasteiger partial charge in [-0.25, -0.2) is 14.8 Å². The van der Waals surface area contributed by atoms with Crippen LogP contribution in [0.4, 0.5) is 13.2 Å². The lowest BCUT2D eigenvalue weighted by Crippen LogP contribution is -2.37. The van der Waals surface area contributed by atoms with Crippen LogP contribution in [0.2, 0.25) is 0 Å². The average molecular weight is 561 g/mol. The number of aromatic amines is 1. The van der Waals surface area contributed by atoms with Gasteiger partial charge in [-0.1, -0.05) is 30.3 Å². The molecule has 0 radical (unpaired) electrons. The van der Waals surface area contributed by atoms with E-state index < -0.39 is 12.1 Å². The van der Waals surface area contributed by atoms with E-state index in [1.165, 1.54) is 12.1 Å². The van der Waals surface area contributed by atoms with Crippen LogP contribution in [0.3, 0.4) is 0 Å². The number of alkyl halides is 3. The van der Waals surface area contributed by atoms with Crippen LogP contribution in [0.15, 0.2) is 72.9 Å². The first kappa shape index (κ1) is 26.5. The van der Waals surface area contributed by atoms with Crippen molar-refractivity contribution in [3.05, 3.63) is 78.8 Å². The molecule has 1 aliphatic rings. The molecule has 1 aliphatic heterocycles. The number of esters is 1. The third-order valence-corrected chi connectivity index (χ3v) is 6.82. The van der Waals surface area contributed by atoms with Crippen molar-refractivity contribution >= 4 is 16.9 Å². The van der Waals surface area contributed by atoms with E-state index in [0.29, 0.717) is 47.3 Å². The highest BCUT2D eigenvalue weighted by atomic mass is 19.4. The van der Waals surface area contributed by atoms with Gasteiger partial charge in [-0.15, -0.1) is 0 Å². The van der Waals surface area contributed by atoms with Crippen molar-refractivity contribution < 1.29 is 27.4 Å². The minimum absolute atomic E-state index is 0.0528. The number of nitrogens with one attached hydrogen (secondary N) is 1. The van der Waals surface area contributed by atoms with E-state index in [-0.39, 0.29) is 11.8 Å². The highest BCUT2D eigenvalue weighted by molar-refractivity contribution is 5.97. The van der Waals surface area contributed by atoms with Gasteiger partial charge in [0.05, 0.1) is 30.5 Å². The molecule has 1 unspecified atom stereocenters. The van der Waals surface area contributed by atoms with Crippen LogP contribution in [0, 0.1) is 0 Å². The van der Waals surface area contributed by atoms with Gasteiger partial charge in [-0.3, -0.25) is 15.0 Å². The van der Waals surface area contributed by atoms with Crippen LogP contribution in [0.25, 0.3) is 44.8 Å². The predicted molar refractivity (Wildman–Crippen MR) is 144 cm³/mol. The molecular formula is C29H23F3N6O3. The van der Waals surface area contributed by atoms with Gasteiger partial charge >= 0.3 is 12.1 Å². The van der Waals surface area contributed by atoms with Gasteiger partial charge in [0, 0.05) is 29.3 Å². The molecule has 1 fully saturated rings. The van der Waals surface area contributed by atoms with Gasteiger partial charge in [0.1, 0.15) is 17.3 Å². The number of carbonyl (C=O) groups excluding carboxylic acids is 1. The Morgan fingerprint density at radius 2 is 1.80 bits per heavy atom. The molecule has 0 spiro atoms. The number of likely N-dealkylation sites (N-methyl/N-ethyl adjacent to an activating group) is 1. The Bertz CT molecular complexity index is 1710. The van der Waals surface area contributed by atoms with Crippen molar-refractivity contribution in [2.45, 2.75) is 12.2 Å². The fraction of sp³-hybridized carbons (Fsp3) is 0.207. The molecule has 12 heteroatoms. The number of morpholine rings is 1. The summed E-state index contributed by atoms with van der Waals surface area (Å²) in [4.78, 5) is 27.6. The Kier molecular flexibility index (Phi) is 6.93. The van der Waals surface area contributed by atoms with Crippen molar-refractivity contribution in [2.24, 2.45) is 0 Å². The molecule has 9 nitrogen and oxygen atoms in total. The van der Waals surface area contributed by atoms with Crippen LogP contribution < -0.4 is 4.74 Å². The summed E-state index contributed by atoms with van der Waals surface area (Å²) in [6.45, 7) is 1.95. The van der Waals surface area contributed by atoms with E-state index in [0.717, 1.165) is 23.1 Å². The first-order valence-electron chi connectivity index (χ1n) is 12.7. The Balaban J connectivity index is 1.42. The van der Waals surface area contributed by atoms with Crippen molar-refractivity contribution in [3.8, 4) is 39.7 Å². The average Bonchev–Trinajstić information content (AvgIpc) is 3.47. The van der Waals surface area contributed by atoms with E-state index in [1.807, 2.05) is 43.4 Å². The number of fused-ring (bicyclic) bond motifs is 1. The fourth-order valence-electron chi connectivity index (χ4n) is 4.68. The van der Waals surface area contributed by atoms with E-state index >= 15 is 0 Å². The highest BCUT2D eigenvalue weighted by Gasteiger charge is 2.41. The summed E-state index contributed by atoms with van der Waals surface area (Å²) < 4.78 is 48.0. The third kappa shape index (κ3) is 5.39. The molecule has 6 rings (SSSR count). The first-order valence-corrected chi connectivity index (χ1v) is 12.7. The molecule has 2 aromatic carbocycles. The minimum atomic E-state index is -5.09. The number of nitrogens with zero attached hydrogens (tertiary/aromatic N) is 5. The number of halogens is 3. The Hall–Kier alpha value is -4.68. The minimum Gasteiger partial charge on any atom is -0.420 e. The van der Waals surface area contributed by atoms with E-state index in [2.05, 4.69) is 24.8 Å². The molecule has 4 heterocycles. The second-order valence-electron chi connectivity index (χ2n) is 9.50. The summed E-state index contributed by atoms with van der Waals surface area (Å²) in [5.74, 6) is -1.40. The standard InChI is InChI=1S/C29H23F3N6O3/c1-38-13-14-40-16-23(38)26-35-27(37-36-26)25-21-15-20(17-5-3-2-4-6-17)24(34-22(21)11-12-33-25)18-7-9-19(10-8-18)41-28(39)29(30,31)32/h2-12,15,23H,13-14,16H2,1H3,(H,35,36,37). The van der Waals surface area contributed by atoms with Crippen LogP contribution in [-0.4, -0.2) is 69.0 Å². The molecule has 0 aliphatic carbocycles. The maximum atomic E-state index is 12.6. The number of H-pyrrole nitrogens is 1. The summed E-state index contributed by atoms with van der Waals surface area (Å²) in [5.41, 5.74) is 4.03. The maximum absolute atomic E-state index is 12.6. The number of aromatic nitrogens is 5. The zero-order valence-corrected chi connectivity index (χ0v) is 21.7. The normalized spacial score (nSPS) is 16.1. The smallest absolute Gasteiger partial charge is 0.420 e. The topological polar surface area (TPSA) is 106 Å². The second kappa shape index (κ2) is 10.7. The van der Waals surface area contributed by atoms with Gasteiger partial charge in [0.2, 0.25) is 5.82 Å². The summed E-state index contributed by atoms with van der Waals surface area (Å²) in [6, 6.07) is 19.0. The summed E-state index contributed by atoms with van der Waals surface area (Å²) in [6.07, 6.45) is -3.46. The van der Waals surface area contributed by atoms with Crippen LogP contribution in [0.1, 0.15) is 11.9 Å². The molecule has 0 amide bonds. The van der Waals surface area contributed by atoms with Crippen molar-refractivity contribution in [1.29, 1.82) is 0 Å². The van der Waals surface area contributed by atoms with Gasteiger partial charge < -0.3 is 9.47 Å². The molecule has 41 heavy (non-hydrogen) atoms. The molecule has 208 valence electrons. The van der Waals surface area contributed by atoms with Crippen LogP contribution in [-0.2, 0) is 9.53 Å². The van der Waals surface area contributed by atoms with Gasteiger partial charge in [0.15, 0.2) is 0 Å². The first-order chi connectivity index (χ1) is 19.8. The Morgan fingerprint density at radius 1 is 1.02 bits per heavy atom. The zero-order valence-electron chi connectivity index (χ0n) is 21.7. The van der Waals surface area contributed by atoms with Crippen molar-refractivity contribution in [2.75, 3.05) is 26.8 Å². The molecule has 1 N–H and O–H groups in total. The van der Waals surface area contributed by atoms with Gasteiger partial charge in [-0.2, -0.15) is 18.3 Å². The van der Waals surface area contributed by atoms with Gasteiger partial charge in [0.25, 0.3) is 0 Å². The van der Waals surface area contributed by atoms with Crippen molar-refractivity contribution in [1.82, 2.24) is 30.0 Å². The molecule has 0 bridgehead atoms. The number of ether oxygens (including phenoxy) is 2. The predicted octanol–water partition coefficient (Wildman–Crippen LogP) is 5.22. The summed E-state index contributed by atoms with van der Waals surface area (Å²) in [7, 11) is 2.01. The summed E-state index contributed by atoms with van der Waals surface area (Å²) >= 11 is 0. The molecule has 1 saturated heterocycles. The number of rotatable bonds is 5. The highest BCUT2D eigenvalue weighted by Crippen LogP contribution is 2.36. The van der Waals surface area contributed by atoms with E-state index in [4.69, 9.17) is 14.7 Å². The monoisotopic (exact) mass is 560 g/mol. The lowest BCUT2D eigenvalue weighted by molar-refractivity contribution is -0.189. The number of pyridine rings is 2. The second-order valence-corrected chi connectivity index (χ2v) is 9.50. The van der Waals surface area contributed by atoms with E-state index in [1.54, 1.807) is 24.4 Å². The Labute approximate surface area is 232 Å². The largest absolute Gasteiger partial charge is 0.491 e. The molecule has 5 aromatic rings. The SMILES string of the molecule is CN1CCOCC1c1nc(-c2nccc3nc(-c4ccc(OC(=O)C(F)(F)F)cc4)c(-c4ccccc4)cc23)n[nH]1. The lowest BCUT2D eigenvalue weighted by Gasteiger charge is -2.30. The molecule has 1 atom stereocenters. The summed E-state index contributed by atoms with van der Waals surface area (Å²) in [5, 5.41) is 8.21. The van der Waals surface area contributed by atoms with E-state index in [9.17, 15) is 18.0 Å². The lowest BCUT2D eigenvalue weighted by atomic mass is 9.97.